The predicted molar refractivity (Wildman–Crippen MR) is 80.9 cm³/mol. The molecule has 20 heavy (non-hydrogen) atoms. The number of carbonyl (C=O) groups is 1. The van der Waals surface area contributed by atoms with Gasteiger partial charge in [0.15, 0.2) is 0 Å². The van der Waals surface area contributed by atoms with Gasteiger partial charge in [-0.15, -0.1) is 0 Å². The second kappa shape index (κ2) is 6.28. The Balaban J connectivity index is 1.91. The number of fused-ring (bicyclic) bond motifs is 1. The van der Waals surface area contributed by atoms with Gasteiger partial charge < -0.3 is 14.8 Å². The van der Waals surface area contributed by atoms with Crippen LogP contribution in [0.4, 0.5) is 0 Å². The van der Waals surface area contributed by atoms with Crippen molar-refractivity contribution in [1.82, 2.24) is 14.7 Å². The van der Waals surface area contributed by atoms with E-state index in [1.807, 2.05) is 41.2 Å². The number of hydrogen-bond donors (Lipinski definition) is 2. The number of pyridine rings is 1. The Morgan fingerprint density at radius 3 is 3.05 bits per heavy atom. The van der Waals surface area contributed by atoms with E-state index in [0.717, 1.165) is 11.3 Å². The minimum absolute atomic E-state index is 0.130. The second-order valence-electron chi connectivity index (χ2n) is 5.08. The maximum atomic E-state index is 11.9. The van der Waals surface area contributed by atoms with E-state index >= 15 is 0 Å². The Labute approximate surface area is 122 Å². The fraction of sp³-hybridized carbons (Fsp3) is 0.429. The van der Waals surface area contributed by atoms with Crippen LogP contribution in [-0.2, 0) is 11.2 Å². The number of nitrogens with one attached hydrogen (secondary N) is 1. The Hall–Kier alpha value is -1.53. The van der Waals surface area contributed by atoms with Crippen molar-refractivity contribution in [2.24, 2.45) is 0 Å². The third-order valence-electron chi connectivity index (χ3n) is 2.88. The molecule has 1 amide bonds. The molecule has 108 valence electrons. The molecule has 1 atom stereocenters. The van der Waals surface area contributed by atoms with Crippen LogP contribution < -0.4 is 5.32 Å². The van der Waals surface area contributed by atoms with Crippen LogP contribution in [0.15, 0.2) is 30.6 Å². The molecule has 0 saturated carbocycles. The van der Waals surface area contributed by atoms with E-state index in [9.17, 15) is 9.90 Å². The molecule has 0 aromatic carbocycles. The molecule has 2 aromatic heterocycles. The normalized spacial score (nSPS) is 14.2. The number of rotatable bonds is 6. The third-order valence-corrected chi connectivity index (χ3v) is 3.79. The van der Waals surface area contributed by atoms with E-state index in [0.29, 0.717) is 5.75 Å². The molecule has 2 aromatic rings. The monoisotopic (exact) mass is 293 g/mol. The van der Waals surface area contributed by atoms with Gasteiger partial charge in [0, 0.05) is 24.7 Å². The van der Waals surface area contributed by atoms with Crippen LogP contribution in [-0.4, -0.2) is 44.6 Å². The highest BCUT2D eigenvalue weighted by molar-refractivity contribution is 7.98. The lowest BCUT2D eigenvalue weighted by atomic mass is 10.1. The van der Waals surface area contributed by atoms with E-state index in [1.165, 1.54) is 0 Å². The predicted octanol–water partition coefficient (Wildman–Crippen LogP) is 1.11. The summed E-state index contributed by atoms with van der Waals surface area (Å²) in [6.07, 6.45) is 5.88. The first-order chi connectivity index (χ1) is 9.50. The Bertz CT molecular complexity index is 562. The molecule has 2 N–H and O–H groups in total. The highest BCUT2D eigenvalue weighted by atomic mass is 32.2. The quantitative estimate of drug-likeness (QED) is 0.837. The second-order valence-corrected chi connectivity index (χ2v) is 5.95. The van der Waals surface area contributed by atoms with E-state index < -0.39 is 5.60 Å². The van der Waals surface area contributed by atoms with Gasteiger partial charge in [-0.3, -0.25) is 4.79 Å². The standard InChI is InChI=1S/C14H19N3O2S/c1-14(19,10-20-2)9-15-13(18)7-11-8-17-6-4-3-5-12(17)16-11/h3-6,8,19H,7,9-10H2,1-2H3,(H,15,18). The Morgan fingerprint density at radius 2 is 2.35 bits per heavy atom. The zero-order chi connectivity index (χ0) is 14.6. The molecule has 6 heteroatoms. The van der Waals surface area contributed by atoms with Crippen LogP contribution in [0.3, 0.4) is 0 Å². The topological polar surface area (TPSA) is 66.6 Å². The molecule has 2 heterocycles. The molecule has 0 spiro atoms. The van der Waals surface area contributed by atoms with Crippen LogP contribution in [0.2, 0.25) is 0 Å². The van der Waals surface area contributed by atoms with Gasteiger partial charge in [0.25, 0.3) is 0 Å². The smallest absolute Gasteiger partial charge is 0.226 e. The summed E-state index contributed by atoms with van der Waals surface area (Å²) >= 11 is 1.55. The SMILES string of the molecule is CSCC(C)(O)CNC(=O)Cc1cn2ccccc2n1. The van der Waals surface area contributed by atoms with Crippen molar-refractivity contribution in [3.05, 3.63) is 36.3 Å². The largest absolute Gasteiger partial charge is 0.387 e. The summed E-state index contributed by atoms with van der Waals surface area (Å²) in [6.45, 7) is 1.97. The van der Waals surface area contributed by atoms with Gasteiger partial charge in [0.05, 0.1) is 17.7 Å². The minimum atomic E-state index is -0.881. The zero-order valence-electron chi connectivity index (χ0n) is 11.7. The molecular formula is C14H19N3O2S. The molecule has 0 aliphatic carbocycles. The molecule has 0 saturated heterocycles. The fourth-order valence-electron chi connectivity index (χ4n) is 1.95. The molecule has 0 aliphatic heterocycles. The lowest BCUT2D eigenvalue weighted by Crippen LogP contribution is -2.42. The number of nitrogens with zero attached hydrogens (tertiary/aromatic N) is 2. The van der Waals surface area contributed by atoms with E-state index in [1.54, 1.807) is 18.7 Å². The van der Waals surface area contributed by atoms with Gasteiger partial charge in [-0.2, -0.15) is 11.8 Å². The van der Waals surface area contributed by atoms with Crippen molar-refractivity contribution in [1.29, 1.82) is 0 Å². The summed E-state index contributed by atoms with van der Waals surface area (Å²) in [7, 11) is 0. The van der Waals surface area contributed by atoms with Crippen molar-refractivity contribution in [2.75, 3.05) is 18.6 Å². The lowest BCUT2D eigenvalue weighted by molar-refractivity contribution is -0.121. The summed E-state index contributed by atoms with van der Waals surface area (Å²) in [5.41, 5.74) is 0.663. The highest BCUT2D eigenvalue weighted by Gasteiger charge is 2.20. The van der Waals surface area contributed by atoms with Crippen molar-refractivity contribution >= 4 is 23.3 Å². The van der Waals surface area contributed by atoms with E-state index in [-0.39, 0.29) is 18.9 Å². The average molecular weight is 293 g/mol. The van der Waals surface area contributed by atoms with Crippen molar-refractivity contribution in [3.8, 4) is 0 Å². The molecule has 5 nitrogen and oxygen atoms in total. The first-order valence-corrected chi connectivity index (χ1v) is 7.80. The number of imidazole rings is 1. The summed E-state index contributed by atoms with van der Waals surface area (Å²) in [6, 6.07) is 5.72. The molecule has 1 unspecified atom stereocenters. The van der Waals surface area contributed by atoms with Crippen LogP contribution in [0.25, 0.3) is 5.65 Å². The molecule has 2 rings (SSSR count). The van der Waals surface area contributed by atoms with Crippen molar-refractivity contribution in [2.45, 2.75) is 18.9 Å². The minimum Gasteiger partial charge on any atom is -0.387 e. The van der Waals surface area contributed by atoms with Crippen LogP contribution >= 0.6 is 11.8 Å². The summed E-state index contributed by atoms with van der Waals surface area (Å²) in [4.78, 5) is 16.2. The van der Waals surface area contributed by atoms with Gasteiger partial charge in [-0.1, -0.05) is 6.07 Å². The maximum Gasteiger partial charge on any atom is 0.226 e. The van der Waals surface area contributed by atoms with E-state index in [2.05, 4.69) is 10.3 Å². The van der Waals surface area contributed by atoms with Gasteiger partial charge in [0.2, 0.25) is 5.91 Å². The van der Waals surface area contributed by atoms with Gasteiger partial charge >= 0.3 is 0 Å². The van der Waals surface area contributed by atoms with Crippen molar-refractivity contribution in [3.63, 3.8) is 0 Å². The number of aliphatic hydroxyl groups is 1. The number of hydrogen-bond acceptors (Lipinski definition) is 4. The average Bonchev–Trinajstić information content (AvgIpc) is 2.78. The summed E-state index contributed by atoms with van der Waals surface area (Å²) in [5.74, 6) is 0.455. The first kappa shape index (κ1) is 14.9. The Kier molecular flexibility index (Phi) is 4.67. The van der Waals surface area contributed by atoms with Gasteiger partial charge in [0.1, 0.15) is 5.65 Å². The number of aromatic nitrogens is 2. The Morgan fingerprint density at radius 1 is 1.55 bits per heavy atom. The van der Waals surface area contributed by atoms with Gasteiger partial charge in [-0.05, 0) is 25.3 Å². The van der Waals surface area contributed by atoms with Crippen LogP contribution in [0.1, 0.15) is 12.6 Å². The van der Waals surface area contributed by atoms with Crippen molar-refractivity contribution < 1.29 is 9.90 Å². The van der Waals surface area contributed by atoms with E-state index in [4.69, 9.17) is 0 Å². The number of amides is 1. The molecule has 0 bridgehead atoms. The fourth-order valence-corrected chi connectivity index (χ4v) is 2.67. The zero-order valence-corrected chi connectivity index (χ0v) is 12.5. The third kappa shape index (κ3) is 3.98. The molecule has 0 aliphatic rings. The molecule has 0 radical (unpaired) electrons. The molecular weight excluding hydrogens is 274 g/mol. The maximum absolute atomic E-state index is 11.9. The highest BCUT2D eigenvalue weighted by Crippen LogP contribution is 2.09. The number of carbonyl (C=O) groups excluding carboxylic acids is 1. The summed E-state index contributed by atoms with van der Waals surface area (Å²) < 4.78 is 1.88. The summed E-state index contributed by atoms with van der Waals surface area (Å²) in [5, 5.41) is 12.7. The molecule has 0 fully saturated rings. The van der Waals surface area contributed by atoms with Crippen LogP contribution in [0.5, 0.6) is 0 Å². The first-order valence-electron chi connectivity index (χ1n) is 6.41. The number of thioether (sulfide) groups is 1. The lowest BCUT2D eigenvalue weighted by Gasteiger charge is -2.22. The van der Waals surface area contributed by atoms with Gasteiger partial charge in [-0.25, -0.2) is 4.98 Å². The van der Waals surface area contributed by atoms with Crippen LogP contribution in [0, 0.1) is 0 Å².